The topological polar surface area (TPSA) is 133 Å². The van der Waals surface area contributed by atoms with Crippen molar-refractivity contribution in [3.8, 4) is 0 Å². The van der Waals surface area contributed by atoms with Gasteiger partial charge in [-0.25, -0.2) is 9.59 Å². The number of benzene rings is 2. The lowest BCUT2D eigenvalue weighted by atomic mass is 9.94. The van der Waals surface area contributed by atoms with E-state index in [1.807, 2.05) is 0 Å². The first-order chi connectivity index (χ1) is 15.4. The van der Waals surface area contributed by atoms with Gasteiger partial charge in [0.15, 0.2) is 0 Å². The molecule has 32 heavy (non-hydrogen) atoms. The number of barbiturate groups is 2. The molecule has 10 heteroatoms. The number of nitrogens with one attached hydrogen (secondary N) is 2. The van der Waals surface area contributed by atoms with E-state index in [4.69, 9.17) is 0 Å². The van der Waals surface area contributed by atoms with Crippen molar-refractivity contribution in [1.82, 2.24) is 20.4 Å². The minimum absolute atomic E-state index is 0.337. The molecule has 10 nitrogen and oxygen atoms in total. The Kier molecular flexibility index (Phi) is 5.50. The van der Waals surface area contributed by atoms with Crippen molar-refractivity contribution in [3.05, 3.63) is 71.8 Å². The van der Waals surface area contributed by atoms with Crippen LogP contribution in [0.4, 0.5) is 9.59 Å². The van der Waals surface area contributed by atoms with E-state index >= 15 is 0 Å². The molecule has 8 amide bonds. The maximum Gasteiger partial charge on any atom is 0.330 e. The quantitative estimate of drug-likeness (QED) is 0.666. The Morgan fingerprint density at radius 1 is 0.562 bits per heavy atom. The summed E-state index contributed by atoms with van der Waals surface area (Å²) in [5, 5.41) is 4.26. The average Bonchev–Trinajstić information content (AvgIpc) is 2.76. The molecule has 0 spiro atoms. The van der Waals surface area contributed by atoms with Gasteiger partial charge in [-0.1, -0.05) is 60.7 Å². The van der Waals surface area contributed by atoms with Crippen LogP contribution in [-0.4, -0.2) is 58.6 Å². The predicted molar refractivity (Wildman–Crippen MR) is 109 cm³/mol. The Labute approximate surface area is 182 Å². The van der Waals surface area contributed by atoms with Crippen molar-refractivity contribution in [2.75, 3.05) is 13.1 Å². The summed E-state index contributed by atoms with van der Waals surface area (Å²) in [6.45, 7) is -0.674. The molecule has 2 heterocycles. The maximum atomic E-state index is 12.9. The molecule has 2 aliphatic rings. The van der Waals surface area contributed by atoms with Gasteiger partial charge in [-0.15, -0.1) is 0 Å². The van der Waals surface area contributed by atoms with E-state index in [-0.39, 0.29) is 13.1 Å². The molecule has 4 rings (SSSR count). The highest BCUT2D eigenvalue weighted by Crippen LogP contribution is 2.24. The SMILES string of the molecule is O=C1NC(=O)N(CCN2C(=O)NC(=O)C(c3ccccc3)C2=O)C(=O)C1c1ccccc1. The average molecular weight is 434 g/mol. The van der Waals surface area contributed by atoms with Gasteiger partial charge in [0.05, 0.1) is 0 Å². The molecule has 2 unspecified atom stereocenters. The first-order valence-electron chi connectivity index (χ1n) is 9.81. The van der Waals surface area contributed by atoms with Gasteiger partial charge >= 0.3 is 12.1 Å². The number of imide groups is 4. The van der Waals surface area contributed by atoms with Gasteiger partial charge in [0.1, 0.15) is 11.8 Å². The van der Waals surface area contributed by atoms with Crippen molar-refractivity contribution < 1.29 is 28.8 Å². The summed E-state index contributed by atoms with van der Waals surface area (Å²) in [5.74, 6) is -5.46. The highest BCUT2D eigenvalue weighted by molar-refractivity contribution is 6.20. The molecule has 2 aliphatic heterocycles. The highest BCUT2D eigenvalue weighted by atomic mass is 16.2. The van der Waals surface area contributed by atoms with Crippen LogP contribution >= 0.6 is 0 Å². The molecule has 2 saturated heterocycles. The second-order valence-corrected chi connectivity index (χ2v) is 7.26. The van der Waals surface area contributed by atoms with Crippen LogP contribution in [0.3, 0.4) is 0 Å². The Hall–Kier alpha value is -4.34. The third-order valence-corrected chi connectivity index (χ3v) is 5.31. The number of hydrogen-bond donors (Lipinski definition) is 2. The van der Waals surface area contributed by atoms with Gasteiger partial charge in [-0.3, -0.25) is 39.6 Å². The fourth-order valence-electron chi connectivity index (χ4n) is 3.73. The fourth-order valence-corrected chi connectivity index (χ4v) is 3.73. The standard InChI is InChI=1S/C22H18N4O6/c27-17-15(13-7-3-1-4-8-13)19(29)25(21(31)23-17)11-12-26-20(30)16(18(28)24-22(26)32)14-9-5-2-6-10-14/h1-10,15-16H,11-12H2,(H,23,27,31)(H,24,28,32). The molecule has 0 aromatic heterocycles. The van der Waals surface area contributed by atoms with Crippen molar-refractivity contribution in [3.63, 3.8) is 0 Å². The zero-order chi connectivity index (χ0) is 22.8. The van der Waals surface area contributed by atoms with Crippen LogP contribution in [0.1, 0.15) is 23.0 Å². The molecular weight excluding hydrogens is 416 g/mol. The van der Waals surface area contributed by atoms with Crippen LogP contribution in [0, 0.1) is 0 Å². The zero-order valence-electron chi connectivity index (χ0n) is 16.7. The first kappa shape index (κ1) is 20.9. The molecule has 0 saturated carbocycles. The van der Waals surface area contributed by atoms with Crippen molar-refractivity contribution in [2.24, 2.45) is 0 Å². The number of urea groups is 2. The Morgan fingerprint density at radius 2 is 0.906 bits per heavy atom. The van der Waals surface area contributed by atoms with E-state index in [2.05, 4.69) is 10.6 Å². The van der Waals surface area contributed by atoms with Crippen LogP contribution < -0.4 is 10.6 Å². The third-order valence-electron chi connectivity index (χ3n) is 5.31. The second kappa shape index (κ2) is 8.42. The molecule has 2 N–H and O–H groups in total. The van der Waals surface area contributed by atoms with Gasteiger partial charge < -0.3 is 0 Å². The Bertz CT molecular complexity index is 1030. The molecule has 2 aromatic rings. The summed E-state index contributed by atoms with van der Waals surface area (Å²) in [6.07, 6.45) is 0. The van der Waals surface area contributed by atoms with E-state index in [1.165, 1.54) is 0 Å². The number of amides is 8. The van der Waals surface area contributed by atoms with Gasteiger partial charge in [-0.2, -0.15) is 0 Å². The van der Waals surface area contributed by atoms with Crippen LogP contribution in [-0.2, 0) is 19.2 Å². The second-order valence-electron chi connectivity index (χ2n) is 7.26. The summed E-state index contributed by atoms with van der Waals surface area (Å²) >= 11 is 0. The number of hydrogen-bond acceptors (Lipinski definition) is 6. The lowest BCUT2D eigenvalue weighted by Gasteiger charge is -2.34. The van der Waals surface area contributed by atoms with Crippen LogP contribution in [0.2, 0.25) is 0 Å². The minimum atomic E-state index is -1.22. The molecule has 0 aliphatic carbocycles. The number of carbonyl (C=O) groups excluding carboxylic acids is 6. The number of carbonyl (C=O) groups is 6. The molecule has 0 bridgehead atoms. The summed E-state index contributed by atoms with van der Waals surface area (Å²) in [6, 6.07) is 14.6. The normalized spacial score (nSPS) is 21.5. The van der Waals surface area contributed by atoms with E-state index in [0.29, 0.717) is 11.1 Å². The van der Waals surface area contributed by atoms with Crippen molar-refractivity contribution >= 4 is 35.7 Å². The smallest absolute Gasteiger partial charge is 0.277 e. The lowest BCUT2D eigenvalue weighted by molar-refractivity contribution is -0.142. The molecule has 162 valence electrons. The van der Waals surface area contributed by atoms with Gasteiger partial charge in [0.25, 0.3) is 0 Å². The van der Waals surface area contributed by atoms with Crippen molar-refractivity contribution in [2.45, 2.75) is 11.8 Å². The lowest BCUT2D eigenvalue weighted by Crippen LogP contribution is -2.61. The van der Waals surface area contributed by atoms with Gasteiger partial charge in [0.2, 0.25) is 23.6 Å². The largest absolute Gasteiger partial charge is 0.330 e. The Balaban J connectivity index is 1.52. The molecule has 2 atom stereocenters. The Morgan fingerprint density at radius 3 is 1.25 bits per heavy atom. The molecule has 0 radical (unpaired) electrons. The van der Waals surface area contributed by atoms with Crippen molar-refractivity contribution in [1.29, 1.82) is 0 Å². The summed E-state index contributed by atoms with van der Waals surface area (Å²) in [7, 11) is 0. The third kappa shape index (κ3) is 3.73. The predicted octanol–water partition coefficient (Wildman–Crippen LogP) is 0.711. The summed E-state index contributed by atoms with van der Waals surface area (Å²) in [4.78, 5) is 76.5. The number of nitrogens with zero attached hydrogens (tertiary/aromatic N) is 2. The van der Waals surface area contributed by atoms with E-state index in [0.717, 1.165) is 9.80 Å². The van der Waals surface area contributed by atoms with Crippen LogP contribution in [0.25, 0.3) is 0 Å². The summed E-state index contributed by atoms with van der Waals surface area (Å²) < 4.78 is 0. The maximum absolute atomic E-state index is 12.9. The summed E-state index contributed by atoms with van der Waals surface area (Å²) in [5.41, 5.74) is 0.822. The van der Waals surface area contributed by atoms with Crippen LogP contribution in [0.15, 0.2) is 60.7 Å². The van der Waals surface area contributed by atoms with E-state index in [1.54, 1.807) is 60.7 Å². The highest BCUT2D eigenvalue weighted by Gasteiger charge is 2.44. The molecular formula is C22H18N4O6. The van der Waals surface area contributed by atoms with Gasteiger partial charge in [0, 0.05) is 13.1 Å². The van der Waals surface area contributed by atoms with E-state index in [9.17, 15) is 28.8 Å². The zero-order valence-corrected chi connectivity index (χ0v) is 16.7. The first-order valence-corrected chi connectivity index (χ1v) is 9.81. The number of rotatable bonds is 5. The minimum Gasteiger partial charge on any atom is -0.277 e. The molecule has 2 aromatic carbocycles. The van der Waals surface area contributed by atoms with Crippen LogP contribution in [0.5, 0.6) is 0 Å². The molecule has 2 fully saturated rings. The van der Waals surface area contributed by atoms with Gasteiger partial charge in [-0.05, 0) is 11.1 Å². The van der Waals surface area contributed by atoms with E-state index < -0.39 is 47.5 Å². The monoisotopic (exact) mass is 434 g/mol. The fraction of sp³-hybridized carbons (Fsp3) is 0.182.